The van der Waals surface area contributed by atoms with Crippen LogP contribution in [0.1, 0.15) is 19.5 Å². The van der Waals surface area contributed by atoms with Crippen LogP contribution in [-0.2, 0) is 14.4 Å². The molecule has 1 aromatic heterocycles. The van der Waals surface area contributed by atoms with Gasteiger partial charge in [-0.05, 0) is 5.92 Å². The Kier molecular flexibility index (Phi) is 5.25. The molecule has 3 N–H and O–H groups in total. The van der Waals surface area contributed by atoms with Crippen LogP contribution in [0.15, 0.2) is 10.5 Å². The molecule has 1 aromatic rings. The quantitative estimate of drug-likeness (QED) is 0.429. The van der Waals surface area contributed by atoms with Gasteiger partial charge in [-0.15, -0.1) is 11.3 Å². The van der Waals surface area contributed by atoms with E-state index in [0.29, 0.717) is 18.1 Å². The second-order valence-electron chi connectivity index (χ2n) is 3.79. The summed E-state index contributed by atoms with van der Waals surface area (Å²) < 4.78 is 0. The van der Waals surface area contributed by atoms with Gasteiger partial charge in [-0.1, -0.05) is 19.0 Å². The van der Waals surface area contributed by atoms with E-state index in [9.17, 15) is 9.59 Å². The Morgan fingerprint density at radius 2 is 2.44 bits per heavy atom. The molecule has 7 nitrogen and oxygen atoms in total. The van der Waals surface area contributed by atoms with Crippen molar-refractivity contribution in [2.24, 2.45) is 16.8 Å². The number of nitrogens with one attached hydrogen (secondary N) is 1. The minimum absolute atomic E-state index is 0.0640. The molecule has 0 saturated heterocycles. The monoisotopic (exact) mass is 270 g/mol. The Balaban J connectivity index is 2.83. The van der Waals surface area contributed by atoms with Crippen molar-refractivity contribution in [3.8, 4) is 0 Å². The van der Waals surface area contributed by atoms with Crippen molar-refractivity contribution < 1.29 is 14.4 Å². The zero-order valence-electron chi connectivity index (χ0n) is 10.0. The number of nitrogens with zero attached hydrogens (tertiary/aromatic N) is 2. The van der Waals surface area contributed by atoms with Crippen molar-refractivity contribution in [2.75, 3.05) is 11.9 Å². The predicted molar refractivity (Wildman–Crippen MR) is 68.3 cm³/mol. The van der Waals surface area contributed by atoms with Gasteiger partial charge in [-0.2, -0.15) is 0 Å². The van der Waals surface area contributed by atoms with Gasteiger partial charge in [0.25, 0.3) is 5.91 Å². The Morgan fingerprint density at radius 1 is 1.72 bits per heavy atom. The molecule has 2 amide bonds. The van der Waals surface area contributed by atoms with Crippen molar-refractivity contribution in [3.63, 3.8) is 0 Å². The first-order valence-electron chi connectivity index (χ1n) is 5.20. The number of thiazole rings is 1. The van der Waals surface area contributed by atoms with Crippen LogP contribution in [0.5, 0.6) is 0 Å². The van der Waals surface area contributed by atoms with Gasteiger partial charge in [0, 0.05) is 5.38 Å². The average molecular weight is 270 g/mol. The highest BCUT2D eigenvalue weighted by atomic mass is 32.1. The second kappa shape index (κ2) is 6.70. The van der Waals surface area contributed by atoms with Crippen LogP contribution >= 0.6 is 11.3 Å². The van der Waals surface area contributed by atoms with Gasteiger partial charge >= 0.3 is 0 Å². The lowest BCUT2D eigenvalue weighted by Gasteiger charge is -2.03. The molecule has 8 heteroatoms. The number of oxime groups is 1. The molecule has 0 spiro atoms. The molecule has 0 aromatic carbocycles. The van der Waals surface area contributed by atoms with Crippen LogP contribution < -0.4 is 11.1 Å². The summed E-state index contributed by atoms with van der Waals surface area (Å²) in [7, 11) is 0. The minimum Gasteiger partial charge on any atom is -0.395 e. The van der Waals surface area contributed by atoms with Crippen molar-refractivity contribution in [2.45, 2.75) is 13.8 Å². The van der Waals surface area contributed by atoms with Gasteiger partial charge in [0.1, 0.15) is 12.3 Å². The van der Waals surface area contributed by atoms with E-state index in [-0.39, 0.29) is 17.3 Å². The van der Waals surface area contributed by atoms with E-state index >= 15 is 0 Å². The lowest BCUT2D eigenvalue weighted by atomic mass is 10.2. The fourth-order valence-corrected chi connectivity index (χ4v) is 1.62. The number of rotatable bonds is 7. The minimum atomic E-state index is -0.735. The van der Waals surface area contributed by atoms with Gasteiger partial charge in [-0.3, -0.25) is 9.59 Å². The lowest BCUT2D eigenvalue weighted by Crippen LogP contribution is -2.25. The zero-order chi connectivity index (χ0) is 13.5. The number of amides is 2. The summed E-state index contributed by atoms with van der Waals surface area (Å²) >= 11 is 1.16. The number of hydrogen-bond donors (Lipinski definition) is 2. The highest BCUT2D eigenvalue weighted by Crippen LogP contribution is 2.15. The average Bonchev–Trinajstić information content (AvgIpc) is 2.72. The standard InChI is InChI=1S/C10H14N4O3S/c1-6(2)3-17-14-8(9(11)16)7-4-18-10(13-7)12-5-15/h4-6H,3H2,1-2H3,(H2,11,16)(H,12,13,15). The van der Waals surface area contributed by atoms with Gasteiger partial charge in [0.15, 0.2) is 10.8 Å². The van der Waals surface area contributed by atoms with E-state index < -0.39 is 5.91 Å². The number of anilines is 1. The molecule has 18 heavy (non-hydrogen) atoms. The summed E-state index contributed by atoms with van der Waals surface area (Å²) in [6, 6.07) is 0. The van der Waals surface area contributed by atoms with Crippen LogP contribution in [0.4, 0.5) is 5.13 Å². The maximum Gasteiger partial charge on any atom is 0.273 e. The lowest BCUT2D eigenvalue weighted by molar-refractivity contribution is -0.112. The molecule has 0 aliphatic carbocycles. The zero-order valence-corrected chi connectivity index (χ0v) is 10.9. The van der Waals surface area contributed by atoms with Crippen molar-refractivity contribution in [1.82, 2.24) is 4.98 Å². The number of aromatic nitrogens is 1. The van der Waals surface area contributed by atoms with E-state index in [1.54, 1.807) is 5.38 Å². The molecule has 0 radical (unpaired) electrons. The van der Waals surface area contributed by atoms with E-state index in [1.165, 1.54) is 0 Å². The number of hydrogen-bond acceptors (Lipinski definition) is 6. The SMILES string of the molecule is CC(C)CON=C(C(N)=O)c1csc(NC=O)n1. The van der Waals surface area contributed by atoms with Crippen LogP contribution in [0.3, 0.4) is 0 Å². The van der Waals surface area contributed by atoms with Crippen LogP contribution in [-0.4, -0.2) is 29.6 Å². The van der Waals surface area contributed by atoms with Gasteiger partial charge in [0.05, 0.1) is 0 Å². The molecule has 0 saturated carbocycles. The summed E-state index contributed by atoms with van der Waals surface area (Å²) in [5.74, 6) is -0.452. The highest BCUT2D eigenvalue weighted by molar-refractivity contribution is 7.14. The van der Waals surface area contributed by atoms with Crippen LogP contribution in [0.2, 0.25) is 0 Å². The van der Waals surface area contributed by atoms with Crippen molar-refractivity contribution >= 4 is 34.5 Å². The summed E-state index contributed by atoms with van der Waals surface area (Å²) in [5.41, 5.74) is 5.41. The molecule has 98 valence electrons. The van der Waals surface area contributed by atoms with Crippen LogP contribution in [0, 0.1) is 5.92 Å². The molecule has 0 aliphatic rings. The Hall–Kier alpha value is -1.96. The van der Waals surface area contributed by atoms with Gasteiger partial charge < -0.3 is 15.9 Å². The Morgan fingerprint density at radius 3 is 3.00 bits per heavy atom. The van der Waals surface area contributed by atoms with E-state index in [0.717, 1.165) is 11.3 Å². The van der Waals surface area contributed by atoms with Gasteiger partial charge in [0.2, 0.25) is 6.41 Å². The summed E-state index contributed by atoms with van der Waals surface area (Å²) in [6.07, 6.45) is 0.499. The third-order valence-corrected chi connectivity index (χ3v) is 2.50. The first-order chi connectivity index (χ1) is 8.54. The maximum absolute atomic E-state index is 11.2. The molecule has 1 heterocycles. The molecule has 1 rings (SSSR count). The fraction of sp³-hybridized carbons (Fsp3) is 0.400. The van der Waals surface area contributed by atoms with E-state index in [4.69, 9.17) is 10.6 Å². The van der Waals surface area contributed by atoms with E-state index in [1.807, 2.05) is 13.8 Å². The first-order valence-corrected chi connectivity index (χ1v) is 6.08. The third kappa shape index (κ3) is 4.13. The predicted octanol–water partition coefficient (Wildman–Crippen LogP) is 0.573. The number of carbonyl (C=O) groups is 2. The number of carbonyl (C=O) groups excluding carboxylic acids is 2. The first kappa shape index (κ1) is 14.1. The molecule has 0 unspecified atom stereocenters. The van der Waals surface area contributed by atoms with E-state index in [2.05, 4.69) is 15.5 Å². The summed E-state index contributed by atoms with van der Waals surface area (Å²) in [6.45, 7) is 4.28. The third-order valence-electron chi connectivity index (χ3n) is 1.73. The second-order valence-corrected chi connectivity index (χ2v) is 4.65. The summed E-state index contributed by atoms with van der Waals surface area (Å²) in [4.78, 5) is 30.5. The molecular weight excluding hydrogens is 256 g/mol. The summed E-state index contributed by atoms with van der Waals surface area (Å²) in [5, 5.41) is 7.97. The smallest absolute Gasteiger partial charge is 0.273 e. The molecule has 0 bridgehead atoms. The van der Waals surface area contributed by atoms with Gasteiger partial charge in [-0.25, -0.2) is 4.98 Å². The highest BCUT2D eigenvalue weighted by Gasteiger charge is 2.15. The normalized spacial score (nSPS) is 11.4. The molecule has 0 aliphatic heterocycles. The Bertz CT molecular complexity index is 456. The molecular formula is C10H14N4O3S. The van der Waals surface area contributed by atoms with Crippen LogP contribution in [0.25, 0.3) is 0 Å². The molecule has 0 atom stereocenters. The van der Waals surface area contributed by atoms with Crippen molar-refractivity contribution in [3.05, 3.63) is 11.1 Å². The number of primary amides is 1. The largest absolute Gasteiger partial charge is 0.395 e. The fourth-order valence-electron chi connectivity index (χ4n) is 0.968. The number of nitrogens with two attached hydrogens (primary N) is 1. The Labute approximate surface area is 108 Å². The topological polar surface area (TPSA) is 107 Å². The molecule has 0 fully saturated rings. The maximum atomic E-state index is 11.2. The van der Waals surface area contributed by atoms with Crippen molar-refractivity contribution in [1.29, 1.82) is 0 Å².